The van der Waals surface area contributed by atoms with Crippen molar-refractivity contribution in [1.82, 2.24) is 0 Å². The summed E-state index contributed by atoms with van der Waals surface area (Å²) in [6.45, 7) is 3.23. The zero-order valence-corrected chi connectivity index (χ0v) is 6.47. The van der Waals surface area contributed by atoms with E-state index in [2.05, 4.69) is 19.6 Å². The van der Waals surface area contributed by atoms with E-state index in [0.717, 1.165) is 0 Å². The molecule has 0 atom stereocenters. The first-order valence-corrected chi connectivity index (χ1v) is 2.97. The highest BCUT2D eigenvalue weighted by atomic mass is 17.5. The van der Waals surface area contributed by atoms with Crippen LogP contribution in [0.15, 0.2) is 0 Å². The standard InChI is InChI=1S/C5H8O7/c1-3(2)10-12-11-5(8)9-4(6)7/h3H,1-2H3,(H,6,7). The Hall–Kier alpha value is -1.34. The smallest absolute Gasteiger partial charge is 0.449 e. The lowest BCUT2D eigenvalue weighted by atomic mass is 10.5. The van der Waals surface area contributed by atoms with Crippen LogP contribution in [0, 0.1) is 0 Å². The molecule has 0 aliphatic heterocycles. The number of rotatable bonds is 3. The van der Waals surface area contributed by atoms with Gasteiger partial charge in [-0.05, 0) is 18.9 Å². The molecule has 0 aliphatic rings. The fraction of sp³-hybridized carbons (Fsp3) is 0.600. The maximum atomic E-state index is 10.2. The van der Waals surface area contributed by atoms with Crippen molar-refractivity contribution < 1.29 is 34.2 Å². The highest BCUT2D eigenvalue weighted by Crippen LogP contribution is 1.92. The normalized spacial score (nSPS) is 9.58. The summed E-state index contributed by atoms with van der Waals surface area (Å²) in [5.41, 5.74) is 0. The maximum absolute atomic E-state index is 10.2. The van der Waals surface area contributed by atoms with Crippen molar-refractivity contribution in [2.24, 2.45) is 0 Å². The number of carboxylic acid groups (broad SMARTS) is 1. The van der Waals surface area contributed by atoms with Crippen LogP contribution in [-0.2, 0) is 19.6 Å². The molecule has 0 heterocycles. The lowest BCUT2D eigenvalue weighted by Crippen LogP contribution is -2.14. The molecule has 0 aliphatic carbocycles. The molecule has 12 heavy (non-hydrogen) atoms. The van der Waals surface area contributed by atoms with Gasteiger partial charge in [-0.15, -0.1) is 0 Å². The van der Waals surface area contributed by atoms with Gasteiger partial charge in [0.15, 0.2) is 0 Å². The Morgan fingerprint density at radius 1 is 1.33 bits per heavy atom. The predicted octanol–water partition coefficient (Wildman–Crippen LogP) is 1.09. The predicted molar refractivity (Wildman–Crippen MR) is 32.9 cm³/mol. The monoisotopic (exact) mass is 180 g/mol. The van der Waals surface area contributed by atoms with Crippen LogP contribution in [0.4, 0.5) is 9.59 Å². The van der Waals surface area contributed by atoms with Crippen molar-refractivity contribution in [2.75, 3.05) is 0 Å². The van der Waals surface area contributed by atoms with Gasteiger partial charge >= 0.3 is 12.3 Å². The molecule has 0 spiro atoms. The largest absolute Gasteiger partial charge is 0.553 e. The van der Waals surface area contributed by atoms with E-state index in [-0.39, 0.29) is 6.10 Å². The molecule has 0 amide bonds. The molecule has 0 saturated heterocycles. The molecule has 7 nitrogen and oxygen atoms in total. The number of hydrogen-bond acceptors (Lipinski definition) is 6. The van der Waals surface area contributed by atoms with Crippen molar-refractivity contribution in [3.05, 3.63) is 0 Å². The number of carbonyl (C=O) groups is 2. The van der Waals surface area contributed by atoms with Crippen LogP contribution in [0.5, 0.6) is 0 Å². The Labute approximate surface area is 67.6 Å². The summed E-state index contributed by atoms with van der Waals surface area (Å²) < 4.78 is 3.48. The summed E-state index contributed by atoms with van der Waals surface area (Å²) in [5.74, 6) is 0. The molecule has 0 unspecified atom stereocenters. The molecule has 0 aromatic heterocycles. The summed E-state index contributed by atoms with van der Waals surface area (Å²) in [6.07, 6.45) is -3.61. The molecule has 0 aromatic rings. The van der Waals surface area contributed by atoms with Crippen molar-refractivity contribution in [2.45, 2.75) is 20.0 Å². The first-order valence-electron chi connectivity index (χ1n) is 2.97. The van der Waals surface area contributed by atoms with Gasteiger partial charge in [-0.1, -0.05) is 0 Å². The van der Waals surface area contributed by atoms with E-state index in [4.69, 9.17) is 5.11 Å². The molecule has 0 rings (SSSR count). The Morgan fingerprint density at radius 2 is 1.92 bits per heavy atom. The molecule has 0 fully saturated rings. The average Bonchev–Trinajstić information content (AvgIpc) is 1.84. The van der Waals surface area contributed by atoms with Crippen LogP contribution in [0.3, 0.4) is 0 Å². The molecule has 0 bridgehead atoms. The molecule has 70 valence electrons. The fourth-order valence-corrected chi connectivity index (χ4v) is 0.214. The number of ether oxygens (including phenoxy) is 1. The third-order valence-electron chi connectivity index (χ3n) is 0.504. The fourth-order valence-electron chi connectivity index (χ4n) is 0.214. The summed E-state index contributed by atoms with van der Waals surface area (Å²) in [5, 5.41) is 11.7. The summed E-state index contributed by atoms with van der Waals surface area (Å²) in [7, 11) is 0. The van der Waals surface area contributed by atoms with Gasteiger partial charge < -0.3 is 9.84 Å². The maximum Gasteiger partial charge on any atom is 0.553 e. The van der Waals surface area contributed by atoms with Crippen LogP contribution in [0.2, 0.25) is 0 Å². The number of carbonyl (C=O) groups excluding carboxylic acids is 1. The molecule has 0 aromatic carbocycles. The molecule has 1 N–H and O–H groups in total. The highest BCUT2D eigenvalue weighted by molar-refractivity contribution is 5.75. The minimum Gasteiger partial charge on any atom is -0.449 e. The lowest BCUT2D eigenvalue weighted by Gasteiger charge is -2.02. The van der Waals surface area contributed by atoms with E-state index in [1.807, 2.05) is 0 Å². The summed E-state index contributed by atoms with van der Waals surface area (Å²) >= 11 is 0. The van der Waals surface area contributed by atoms with Crippen LogP contribution < -0.4 is 0 Å². The third-order valence-corrected chi connectivity index (χ3v) is 0.504. The Bertz CT molecular complexity index is 163. The second-order valence-corrected chi connectivity index (χ2v) is 1.91. The van der Waals surface area contributed by atoms with Crippen molar-refractivity contribution >= 4 is 12.3 Å². The highest BCUT2D eigenvalue weighted by Gasteiger charge is 2.11. The summed E-state index contributed by atoms with van der Waals surface area (Å²) in [4.78, 5) is 27.9. The zero-order chi connectivity index (χ0) is 9.56. The zero-order valence-electron chi connectivity index (χ0n) is 6.47. The van der Waals surface area contributed by atoms with Crippen molar-refractivity contribution in [3.8, 4) is 0 Å². The Kier molecular flexibility index (Phi) is 4.73. The van der Waals surface area contributed by atoms with Crippen molar-refractivity contribution in [1.29, 1.82) is 0 Å². The lowest BCUT2D eigenvalue weighted by molar-refractivity contribution is -0.497. The second-order valence-electron chi connectivity index (χ2n) is 1.91. The molecular formula is C5H8O7. The van der Waals surface area contributed by atoms with Gasteiger partial charge in [0, 0.05) is 0 Å². The van der Waals surface area contributed by atoms with E-state index in [1.165, 1.54) is 0 Å². The average molecular weight is 180 g/mol. The SMILES string of the molecule is CC(C)OOOC(=O)OC(=O)O. The van der Waals surface area contributed by atoms with E-state index >= 15 is 0 Å². The molecule has 0 saturated carbocycles. The van der Waals surface area contributed by atoms with E-state index in [0.29, 0.717) is 0 Å². The molecule has 7 heteroatoms. The van der Waals surface area contributed by atoms with E-state index < -0.39 is 12.3 Å². The summed E-state index contributed by atoms with van der Waals surface area (Å²) in [6, 6.07) is 0. The first-order chi connectivity index (χ1) is 5.52. The van der Waals surface area contributed by atoms with Gasteiger partial charge in [-0.25, -0.2) is 9.68 Å². The van der Waals surface area contributed by atoms with E-state index in [1.54, 1.807) is 13.8 Å². The van der Waals surface area contributed by atoms with Crippen LogP contribution in [0.1, 0.15) is 13.8 Å². The van der Waals surface area contributed by atoms with Crippen molar-refractivity contribution in [3.63, 3.8) is 0 Å². The minimum atomic E-state index is -1.78. The molecule has 0 radical (unpaired) electrons. The third kappa shape index (κ3) is 6.78. The van der Waals surface area contributed by atoms with Gasteiger partial charge in [-0.3, -0.25) is 0 Å². The second kappa shape index (κ2) is 5.33. The molecular weight excluding hydrogens is 172 g/mol. The minimum absolute atomic E-state index is 0.317. The van der Waals surface area contributed by atoms with Gasteiger partial charge in [0.1, 0.15) is 0 Å². The topological polar surface area (TPSA) is 91.3 Å². The van der Waals surface area contributed by atoms with Crippen LogP contribution in [-0.4, -0.2) is 23.5 Å². The Morgan fingerprint density at radius 3 is 2.33 bits per heavy atom. The van der Waals surface area contributed by atoms with Gasteiger partial charge in [0.2, 0.25) is 0 Å². The van der Waals surface area contributed by atoms with E-state index in [9.17, 15) is 9.59 Å². The van der Waals surface area contributed by atoms with Gasteiger partial charge in [0.25, 0.3) is 0 Å². The van der Waals surface area contributed by atoms with Gasteiger partial charge in [-0.2, -0.15) is 9.68 Å². The number of hydrogen-bond donors (Lipinski definition) is 1. The van der Waals surface area contributed by atoms with Gasteiger partial charge in [0.05, 0.1) is 6.10 Å². The van der Waals surface area contributed by atoms with Crippen LogP contribution >= 0.6 is 0 Å². The first kappa shape index (κ1) is 10.7. The Balaban J connectivity index is 3.38. The quantitative estimate of drug-likeness (QED) is 0.300. The van der Waals surface area contributed by atoms with Crippen LogP contribution in [0.25, 0.3) is 0 Å².